The van der Waals surface area contributed by atoms with E-state index in [0.717, 1.165) is 28.9 Å². The maximum atomic E-state index is 11.5. The zero-order chi connectivity index (χ0) is 11.0. The van der Waals surface area contributed by atoms with Gasteiger partial charge in [-0.25, -0.2) is 4.79 Å². The third-order valence-corrected chi connectivity index (χ3v) is 2.67. The van der Waals surface area contributed by atoms with E-state index in [1.807, 2.05) is 19.1 Å². The van der Waals surface area contributed by atoms with Crippen LogP contribution in [0.4, 0.5) is 16.2 Å². The fraction of sp³-hybridized carbons (Fsp3) is 0.364. The van der Waals surface area contributed by atoms with Gasteiger partial charge in [0.2, 0.25) is 0 Å². The third-order valence-electron chi connectivity index (χ3n) is 2.67. The van der Waals surface area contributed by atoms with Crippen molar-refractivity contribution in [2.24, 2.45) is 0 Å². The van der Waals surface area contributed by atoms with E-state index in [1.165, 1.54) is 7.11 Å². The number of carbonyl (C=O) groups excluding carboxylic acids is 1. The summed E-state index contributed by atoms with van der Waals surface area (Å²) in [5.41, 5.74) is 9.60. The summed E-state index contributed by atoms with van der Waals surface area (Å²) in [6.45, 7) is 2.63. The van der Waals surface area contributed by atoms with Crippen molar-refractivity contribution in [2.75, 3.05) is 24.3 Å². The van der Waals surface area contributed by atoms with Crippen LogP contribution in [0.15, 0.2) is 12.1 Å². The number of nitrogens with two attached hydrogens (primary N) is 1. The number of nitrogen functional groups attached to an aromatic ring is 1. The van der Waals surface area contributed by atoms with E-state index in [4.69, 9.17) is 10.5 Å². The van der Waals surface area contributed by atoms with Gasteiger partial charge in [-0.1, -0.05) is 0 Å². The zero-order valence-corrected chi connectivity index (χ0v) is 8.91. The number of methoxy groups -OCH3 is 1. The Morgan fingerprint density at radius 2 is 2.27 bits per heavy atom. The molecule has 0 fully saturated rings. The van der Waals surface area contributed by atoms with Crippen LogP contribution in [0.3, 0.4) is 0 Å². The molecule has 15 heavy (non-hydrogen) atoms. The average Bonchev–Trinajstić information content (AvgIpc) is 2.60. The number of nitrogens with zero attached hydrogens (tertiary/aromatic N) is 1. The van der Waals surface area contributed by atoms with Gasteiger partial charge in [-0.05, 0) is 36.6 Å². The minimum Gasteiger partial charge on any atom is -0.452 e. The van der Waals surface area contributed by atoms with Crippen LogP contribution in [0.2, 0.25) is 0 Å². The summed E-state index contributed by atoms with van der Waals surface area (Å²) >= 11 is 0. The Bertz CT molecular complexity index is 415. The van der Waals surface area contributed by atoms with Gasteiger partial charge in [-0.15, -0.1) is 0 Å². The lowest BCUT2D eigenvalue weighted by molar-refractivity contribution is 0.179. The molecule has 80 valence electrons. The van der Waals surface area contributed by atoms with E-state index in [-0.39, 0.29) is 6.09 Å². The molecule has 1 aromatic rings. The van der Waals surface area contributed by atoms with Crippen molar-refractivity contribution in [3.8, 4) is 0 Å². The van der Waals surface area contributed by atoms with Crippen molar-refractivity contribution in [1.29, 1.82) is 0 Å². The van der Waals surface area contributed by atoms with Crippen LogP contribution in [0, 0.1) is 6.92 Å². The summed E-state index contributed by atoms with van der Waals surface area (Å²) in [5, 5.41) is 0. The number of hydrogen-bond acceptors (Lipinski definition) is 3. The molecule has 0 saturated carbocycles. The van der Waals surface area contributed by atoms with Crippen molar-refractivity contribution in [3.63, 3.8) is 0 Å². The summed E-state index contributed by atoms with van der Waals surface area (Å²) in [4.78, 5) is 13.1. The normalized spacial score (nSPS) is 13.9. The lowest BCUT2D eigenvalue weighted by Gasteiger charge is -2.17. The van der Waals surface area contributed by atoms with Crippen molar-refractivity contribution in [3.05, 3.63) is 23.3 Å². The summed E-state index contributed by atoms with van der Waals surface area (Å²) in [7, 11) is 1.40. The number of ether oxygens (including phenoxy) is 1. The van der Waals surface area contributed by atoms with E-state index in [2.05, 4.69) is 0 Å². The second-order valence-corrected chi connectivity index (χ2v) is 3.72. The van der Waals surface area contributed by atoms with E-state index in [0.29, 0.717) is 6.54 Å². The Labute approximate surface area is 88.6 Å². The number of rotatable bonds is 0. The maximum Gasteiger partial charge on any atom is 0.414 e. The van der Waals surface area contributed by atoms with Gasteiger partial charge in [0.05, 0.1) is 12.8 Å². The number of benzene rings is 1. The lowest BCUT2D eigenvalue weighted by Crippen LogP contribution is -2.29. The van der Waals surface area contributed by atoms with Crippen molar-refractivity contribution < 1.29 is 9.53 Å². The van der Waals surface area contributed by atoms with Gasteiger partial charge in [0, 0.05) is 12.2 Å². The van der Waals surface area contributed by atoms with Crippen molar-refractivity contribution in [1.82, 2.24) is 0 Å². The van der Waals surface area contributed by atoms with Gasteiger partial charge < -0.3 is 10.5 Å². The maximum absolute atomic E-state index is 11.5. The third kappa shape index (κ3) is 1.52. The molecule has 4 heteroatoms. The van der Waals surface area contributed by atoms with E-state index < -0.39 is 0 Å². The van der Waals surface area contributed by atoms with Crippen LogP contribution in [-0.2, 0) is 11.2 Å². The minimum absolute atomic E-state index is 0.304. The highest BCUT2D eigenvalue weighted by molar-refractivity contribution is 5.92. The molecule has 0 spiro atoms. The van der Waals surface area contributed by atoms with Gasteiger partial charge in [0.25, 0.3) is 0 Å². The van der Waals surface area contributed by atoms with E-state index in [9.17, 15) is 4.79 Å². The molecule has 1 aliphatic heterocycles. The van der Waals surface area contributed by atoms with Crippen LogP contribution in [0.1, 0.15) is 11.1 Å². The largest absolute Gasteiger partial charge is 0.452 e. The molecule has 0 bridgehead atoms. The Kier molecular flexibility index (Phi) is 2.26. The Balaban J connectivity index is 2.46. The number of carbonyl (C=O) groups is 1. The highest BCUT2D eigenvalue weighted by Crippen LogP contribution is 2.33. The second kappa shape index (κ2) is 3.46. The molecule has 0 aromatic heterocycles. The quantitative estimate of drug-likeness (QED) is 0.657. The van der Waals surface area contributed by atoms with Crippen LogP contribution < -0.4 is 10.6 Å². The number of amides is 1. The Morgan fingerprint density at radius 1 is 1.53 bits per heavy atom. The minimum atomic E-state index is -0.304. The highest BCUT2D eigenvalue weighted by Gasteiger charge is 2.26. The molecule has 0 radical (unpaired) electrons. The summed E-state index contributed by atoms with van der Waals surface area (Å²) in [6.07, 6.45) is 0.540. The fourth-order valence-corrected chi connectivity index (χ4v) is 2.10. The predicted octanol–water partition coefficient (Wildman–Crippen LogP) is 1.71. The van der Waals surface area contributed by atoms with E-state index >= 15 is 0 Å². The number of aryl methyl sites for hydroxylation is 1. The monoisotopic (exact) mass is 206 g/mol. The van der Waals surface area contributed by atoms with Crippen molar-refractivity contribution >= 4 is 17.5 Å². The molecule has 0 saturated heterocycles. The SMILES string of the molecule is COC(=O)N1CCc2cc(N)cc(C)c21. The smallest absolute Gasteiger partial charge is 0.414 e. The first-order chi connectivity index (χ1) is 7.13. The molecule has 2 N–H and O–H groups in total. The summed E-state index contributed by atoms with van der Waals surface area (Å²) in [6, 6.07) is 3.80. The van der Waals surface area contributed by atoms with Gasteiger partial charge in [0.1, 0.15) is 0 Å². The molecule has 1 amide bonds. The second-order valence-electron chi connectivity index (χ2n) is 3.72. The first kappa shape index (κ1) is 9.83. The molecule has 2 rings (SSSR count). The van der Waals surface area contributed by atoms with Gasteiger partial charge in [-0.3, -0.25) is 4.90 Å². The molecule has 4 nitrogen and oxygen atoms in total. The van der Waals surface area contributed by atoms with Crippen molar-refractivity contribution in [2.45, 2.75) is 13.3 Å². The van der Waals surface area contributed by atoms with Crippen LogP contribution in [0.25, 0.3) is 0 Å². The number of anilines is 2. The topological polar surface area (TPSA) is 55.6 Å². The molecular formula is C11H14N2O2. The molecule has 0 aliphatic carbocycles. The summed E-state index contributed by atoms with van der Waals surface area (Å²) < 4.78 is 4.73. The molecule has 1 aromatic carbocycles. The first-order valence-corrected chi connectivity index (χ1v) is 4.88. The van der Waals surface area contributed by atoms with Crippen LogP contribution in [-0.4, -0.2) is 19.7 Å². The molecule has 0 unspecified atom stereocenters. The first-order valence-electron chi connectivity index (χ1n) is 4.88. The highest BCUT2D eigenvalue weighted by atomic mass is 16.5. The Morgan fingerprint density at radius 3 is 2.93 bits per heavy atom. The molecule has 0 atom stereocenters. The predicted molar refractivity (Wildman–Crippen MR) is 59.0 cm³/mol. The van der Waals surface area contributed by atoms with Crippen LogP contribution in [0.5, 0.6) is 0 Å². The average molecular weight is 206 g/mol. The van der Waals surface area contributed by atoms with Gasteiger partial charge >= 0.3 is 6.09 Å². The zero-order valence-electron chi connectivity index (χ0n) is 8.91. The lowest BCUT2D eigenvalue weighted by atomic mass is 10.1. The van der Waals surface area contributed by atoms with Crippen LogP contribution >= 0.6 is 0 Å². The van der Waals surface area contributed by atoms with E-state index in [1.54, 1.807) is 4.90 Å². The molecule has 1 heterocycles. The molecular weight excluding hydrogens is 192 g/mol. The fourth-order valence-electron chi connectivity index (χ4n) is 2.10. The van der Waals surface area contributed by atoms with Gasteiger partial charge in [0.15, 0.2) is 0 Å². The Hall–Kier alpha value is -1.71. The standard InChI is InChI=1S/C11H14N2O2/c1-7-5-9(12)6-8-3-4-13(10(7)8)11(14)15-2/h5-6H,3-4,12H2,1-2H3. The summed E-state index contributed by atoms with van der Waals surface area (Å²) in [5.74, 6) is 0. The number of fused-ring (bicyclic) bond motifs is 1. The van der Waals surface area contributed by atoms with Gasteiger partial charge in [-0.2, -0.15) is 0 Å². The molecule has 1 aliphatic rings. The number of hydrogen-bond donors (Lipinski definition) is 1.